The number of hydrogen-bond donors (Lipinski definition) is 3. The molecule has 0 aromatic rings. The molecule has 0 aromatic heterocycles. The van der Waals surface area contributed by atoms with Crippen molar-refractivity contribution in [2.75, 3.05) is 0 Å². The molecule has 0 radical (unpaired) electrons. The Morgan fingerprint density at radius 1 is 0.969 bits per heavy atom. The van der Waals surface area contributed by atoms with E-state index in [1.165, 1.54) is 25.7 Å². The van der Waals surface area contributed by atoms with Gasteiger partial charge in [0.1, 0.15) is 17.6 Å². The van der Waals surface area contributed by atoms with E-state index in [0.29, 0.717) is 24.2 Å². The predicted molar refractivity (Wildman–Crippen MR) is 127 cm³/mol. The van der Waals surface area contributed by atoms with Crippen molar-refractivity contribution in [2.24, 2.45) is 58.2 Å². The maximum absolute atomic E-state index is 13.3. The lowest BCUT2D eigenvalue weighted by Crippen LogP contribution is -2.60. The van der Waals surface area contributed by atoms with Crippen LogP contribution in [0.15, 0.2) is 11.5 Å². The van der Waals surface area contributed by atoms with Crippen molar-refractivity contribution in [3.63, 3.8) is 0 Å². The normalized spacial score (nSPS) is 45.9. The summed E-state index contributed by atoms with van der Waals surface area (Å²) >= 11 is 0. The molecule has 0 saturated heterocycles. The zero-order chi connectivity index (χ0) is 23.6. The average molecular weight is 447 g/mol. The summed E-state index contributed by atoms with van der Waals surface area (Å²) in [5.74, 6) is 3.24. The molecule has 2 unspecified atom stereocenters. The number of ketones is 1. The van der Waals surface area contributed by atoms with Crippen molar-refractivity contribution in [3.05, 3.63) is 11.5 Å². The molecule has 4 heteroatoms. The smallest absolute Gasteiger partial charge is 0.159 e. The highest BCUT2D eigenvalue weighted by Gasteiger charge is 2.65. The number of carbonyl (C=O) groups excluding carboxylic acids is 1. The number of hydrogen-bond acceptors (Lipinski definition) is 4. The van der Waals surface area contributed by atoms with E-state index < -0.39 is 11.5 Å². The Morgan fingerprint density at radius 3 is 2.31 bits per heavy atom. The first-order valence-electron chi connectivity index (χ1n) is 13.2. The van der Waals surface area contributed by atoms with Gasteiger partial charge in [-0.3, -0.25) is 4.79 Å². The number of rotatable bonds is 5. The molecule has 10 atom stereocenters. The van der Waals surface area contributed by atoms with Crippen LogP contribution in [0.2, 0.25) is 0 Å². The Balaban J connectivity index is 1.56. The molecule has 0 amide bonds. The number of Topliss-reactive ketones (excluding diaryl/α,β-unsaturated/α-hetero) is 1. The van der Waals surface area contributed by atoms with E-state index in [-0.39, 0.29) is 46.9 Å². The molecule has 0 aliphatic heterocycles. The van der Waals surface area contributed by atoms with Gasteiger partial charge in [-0.2, -0.15) is 0 Å². The van der Waals surface area contributed by atoms with E-state index in [1.54, 1.807) is 0 Å². The molecule has 0 spiro atoms. The second-order valence-corrected chi connectivity index (χ2v) is 12.9. The van der Waals surface area contributed by atoms with Gasteiger partial charge >= 0.3 is 0 Å². The van der Waals surface area contributed by atoms with Crippen molar-refractivity contribution in [2.45, 2.75) is 99.0 Å². The summed E-state index contributed by atoms with van der Waals surface area (Å²) in [6, 6.07) is 0. The summed E-state index contributed by atoms with van der Waals surface area (Å²) in [5, 5.41) is 31.6. The third-order valence-corrected chi connectivity index (χ3v) is 11.3. The van der Waals surface area contributed by atoms with Crippen LogP contribution in [0.25, 0.3) is 0 Å². The first-order chi connectivity index (χ1) is 14.9. The summed E-state index contributed by atoms with van der Waals surface area (Å²) in [4.78, 5) is 13.3. The number of allylic oxidation sites excluding steroid dienone is 1. The van der Waals surface area contributed by atoms with Gasteiger partial charge in [0.2, 0.25) is 0 Å². The molecule has 4 aliphatic carbocycles. The van der Waals surface area contributed by atoms with Gasteiger partial charge in [-0.1, -0.05) is 54.4 Å². The van der Waals surface area contributed by atoms with Gasteiger partial charge in [0, 0.05) is 24.2 Å². The van der Waals surface area contributed by atoms with Crippen LogP contribution >= 0.6 is 0 Å². The fraction of sp³-hybridized carbons (Fsp3) is 0.893. The Bertz CT molecular complexity index is 771. The summed E-state index contributed by atoms with van der Waals surface area (Å²) in [6.45, 7) is 14.0. The van der Waals surface area contributed by atoms with Gasteiger partial charge in [-0.25, -0.2) is 0 Å². The van der Waals surface area contributed by atoms with Crippen LogP contribution in [-0.4, -0.2) is 27.2 Å². The Labute approximate surface area is 194 Å². The number of aliphatic hydroxyl groups excluding tert-OH is 3. The first kappa shape index (κ1) is 24.1. The third kappa shape index (κ3) is 3.46. The standard InChI is InChI=1S/C28H46O4/c1-15(2)16(3)7-8-17(4)19-9-10-20-18-13-23(29)22-14-24(30)25(31)26(32)28(22,6)21(18)11-12-27(19,20)5/h15-22,26,30-32H,7-14H2,1-6H3/t16-,17+,18-,19+,20-,21-,22?,26?,27+,28+/m0/s1. The molecule has 0 heterocycles. The van der Waals surface area contributed by atoms with Crippen LogP contribution in [0.1, 0.15) is 92.9 Å². The van der Waals surface area contributed by atoms with E-state index in [9.17, 15) is 20.1 Å². The summed E-state index contributed by atoms with van der Waals surface area (Å²) in [6.07, 6.45) is 6.79. The maximum Gasteiger partial charge on any atom is 0.159 e. The van der Waals surface area contributed by atoms with Gasteiger partial charge in [0.15, 0.2) is 5.76 Å². The molecule has 0 aromatic carbocycles. The summed E-state index contributed by atoms with van der Waals surface area (Å²) in [7, 11) is 0. The highest BCUT2D eigenvalue weighted by Crippen LogP contribution is 2.68. The van der Waals surface area contributed by atoms with Crippen molar-refractivity contribution in [1.29, 1.82) is 0 Å². The summed E-state index contributed by atoms with van der Waals surface area (Å²) < 4.78 is 0. The van der Waals surface area contributed by atoms with Crippen molar-refractivity contribution < 1.29 is 20.1 Å². The minimum Gasteiger partial charge on any atom is -0.509 e. The van der Waals surface area contributed by atoms with E-state index in [2.05, 4.69) is 34.6 Å². The SMILES string of the molecule is CC(C)[C@@H](C)CC[C@@H](C)[C@H]1CC[C@H]2[C@@H]3CC(=O)C4CC(O)=C(O)C(O)[C@]4(C)[C@H]3CC[C@]12C. The summed E-state index contributed by atoms with van der Waals surface area (Å²) in [5.41, 5.74) is -0.404. The zero-order valence-corrected chi connectivity index (χ0v) is 21.1. The van der Waals surface area contributed by atoms with Gasteiger partial charge in [-0.15, -0.1) is 0 Å². The van der Waals surface area contributed by atoms with E-state index >= 15 is 0 Å². The monoisotopic (exact) mass is 446 g/mol. The zero-order valence-electron chi connectivity index (χ0n) is 21.1. The van der Waals surface area contributed by atoms with Gasteiger partial charge < -0.3 is 15.3 Å². The van der Waals surface area contributed by atoms with Crippen LogP contribution in [0.3, 0.4) is 0 Å². The second kappa shape index (κ2) is 8.32. The molecule has 4 rings (SSSR count). The van der Waals surface area contributed by atoms with Gasteiger partial charge in [0.05, 0.1) is 0 Å². The average Bonchev–Trinajstić information content (AvgIpc) is 3.09. The molecular formula is C28H46O4. The molecule has 182 valence electrons. The van der Waals surface area contributed by atoms with Crippen molar-refractivity contribution in [3.8, 4) is 0 Å². The number of aliphatic hydroxyl groups is 3. The van der Waals surface area contributed by atoms with E-state index in [4.69, 9.17) is 0 Å². The van der Waals surface area contributed by atoms with Crippen molar-refractivity contribution >= 4 is 5.78 Å². The largest absolute Gasteiger partial charge is 0.509 e. The van der Waals surface area contributed by atoms with E-state index in [0.717, 1.165) is 24.7 Å². The lowest BCUT2D eigenvalue weighted by Gasteiger charge is -2.60. The van der Waals surface area contributed by atoms with Crippen LogP contribution in [0, 0.1) is 58.2 Å². The predicted octanol–water partition coefficient (Wildman–Crippen LogP) is 6.44. The molecule has 4 nitrogen and oxygen atoms in total. The molecule has 3 fully saturated rings. The number of fused-ring (bicyclic) bond motifs is 5. The fourth-order valence-electron chi connectivity index (χ4n) is 8.84. The Morgan fingerprint density at radius 2 is 1.66 bits per heavy atom. The van der Waals surface area contributed by atoms with Crippen LogP contribution < -0.4 is 0 Å². The van der Waals surface area contributed by atoms with Gasteiger partial charge in [-0.05, 0) is 72.5 Å². The molecule has 3 N–H and O–H groups in total. The molecule has 4 aliphatic rings. The van der Waals surface area contributed by atoms with Gasteiger partial charge in [0.25, 0.3) is 0 Å². The Hall–Kier alpha value is -1.03. The van der Waals surface area contributed by atoms with E-state index in [1.807, 2.05) is 6.92 Å². The molecule has 0 bridgehead atoms. The molecule has 32 heavy (non-hydrogen) atoms. The maximum atomic E-state index is 13.3. The lowest BCUT2D eigenvalue weighted by atomic mass is 9.44. The minimum absolute atomic E-state index is 0.178. The van der Waals surface area contributed by atoms with Crippen molar-refractivity contribution in [1.82, 2.24) is 0 Å². The number of carbonyl (C=O) groups is 1. The highest BCUT2D eigenvalue weighted by molar-refractivity contribution is 5.84. The highest BCUT2D eigenvalue weighted by atomic mass is 16.3. The fourth-order valence-corrected chi connectivity index (χ4v) is 8.84. The second-order valence-electron chi connectivity index (χ2n) is 12.9. The first-order valence-corrected chi connectivity index (χ1v) is 13.2. The van der Waals surface area contributed by atoms with Crippen LogP contribution in [0.5, 0.6) is 0 Å². The topological polar surface area (TPSA) is 77.8 Å². The Kier molecular flexibility index (Phi) is 6.27. The molecular weight excluding hydrogens is 400 g/mol. The lowest BCUT2D eigenvalue weighted by molar-refractivity contribution is -0.171. The molecule has 3 saturated carbocycles. The third-order valence-electron chi connectivity index (χ3n) is 11.3. The van der Waals surface area contributed by atoms with Crippen LogP contribution in [-0.2, 0) is 4.79 Å². The minimum atomic E-state index is -1.14. The quantitative estimate of drug-likeness (QED) is 0.454. The van der Waals surface area contributed by atoms with Crippen LogP contribution in [0.4, 0.5) is 0 Å².